The van der Waals surface area contributed by atoms with Crippen LogP contribution < -0.4 is 14.8 Å². The topological polar surface area (TPSA) is 60.5 Å². The molecule has 0 bridgehead atoms. The van der Waals surface area contributed by atoms with Crippen molar-refractivity contribution in [3.05, 3.63) is 33.7 Å². The summed E-state index contributed by atoms with van der Waals surface area (Å²) in [5.74, 6) is 0.580. The number of aromatic nitrogens is 1. The van der Waals surface area contributed by atoms with Crippen LogP contribution in [-0.4, -0.2) is 25.1 Å². The number of nitrogens with zero attached hydrogens (tertiary/aromatic N) is 1. The maximum Gasteiger partial charge on any atom is 0.265 e. The summed E-state index contributed by atoms with van der Waals surface area (Å²) < 4.78 is 11.2. The Morgan fingerprint density at radius 3 is 2.42 bits per heavy atom. The van der Waals surface area contributed by atoms with Gasteiger partial charge in [-0.1, -0.05) is 17.4 Å². The Labute approximate surface area is 122 Å². The van der Waals surface area contributed by atoms with Crippen LogP contribution in [0.25, 0.3) is 0 Å². The van der Waals surface area contributed by atoms with E-state index in [4.69, 9.17) is 9.47 Å². The molecule has 1 aromatic carbocycles. The third-order valence-corrected chi connectivity index (χ3v) is 3.74. The van der Waals surface area contributed by atoms with Crippen LogP contribution in [0, 0.1) is 0 Å². The molecule has 0 atom stereocenters. The van der Waals surface area contributed by atoms with Gasteiger partial charge in [0.05, 0.1) is 24.2 Å². The van der Waals surface area contributed by atoms with E-state index in [1.807, 2.05) is 0 Å². The number of anilines is 1. The van der Waals surface area contributed by atoms with Gasteiger partial charge in [-0.2, -0.15) is 0 Å². The highest BCUT2D eigenvalue weighted by atomic mass is 79.9. The van der Waals surface area contributed by atoms with Crippen molar-refractivity contribution < 1.29 is 14.3 Å². The fourth-order valence-electron chi connectivity index (χ4n) is 1.55. The average molecular weight is 343 g/mol. The van der Waals surface area contributed by atoms with E-state index in [1.165, 1.54) is 25.6 Å². The van der Waals surface area contributed by atoms with Gasteiger partial charge in [0.2, 0.25) is 0 Å². The normalized spacial score (nSPS) is 10.1. The van der Waals surface area contributed by atoms with E-state index in [0.29, 0.717) is 22.2 Å². The number of nitrogens with one attached hydrogen (secondary N) is 1. The number of hydrogen-bond donors (Lipinski definition) is 1. The molecule has 1 amide bonds. The molecule has 0 aliphatic rings. The molecule has 0 saturated heterocycles. The number of halogens is 1. The zero-order valence-corrected chi connectivity index (χ0v) is 12.7. The molecule has 1 N–H and O–H groups in total. The first-order valence-corrected chi connectivity index (χ1v) is 6.90. The van der Waals surface area contributed by atoms with Crippen LogP contribution in [0.4, 0.5) is 5.13 Å². The third kappa shape index (κ3) is 3.05. The smallest absolute Gasteiger partial charge is 0.265 e. The fourth-order valence-corrected chi connectivity index (χ4v) is 2.65. The van der Waals surface area contributed by atoms with Crippen molar-refractivity contribution in [3.63, 3.8) is 0 Å². The number of carbonyl (C=O) groups excluding carboxylic acids is 1. The van der Waals surface area contributed by atoms with Crippen molar-refractivity contribution in [1.82, 2.24) is 4.98 Å². The van der Waals surface area contributed by atoms with E-state index in [-0.39, 0.29) is 5.91 Å². The van der Waals surface area contributed by atoms with Crippen molar-refractivity contribution in [1.29, 1.82) is 0 Å². The number of carbonyl (C=O) groups is 1. The first-order chi connectivity index (χ1) is 9.15. The fraction of sp³-hybridized carbons (Fsp3) is 0.167. The Balaban J connectivity index is 2.32. The molecule has 0 spiro atoms. The molecule has 1 aromatic heterocycles. The molecular formula is C12H11BrN2O3S. The van der Waals surface area contributed by atoms with Gasteiger partial charge < -0.3 is 9.47 Å². The molecule has 2 rings (SSSR count). The van der Waals surface area contributed by atoms with Crippen LogP contribution in [0.5, 0.6) is 11.5 Å². The first kappa shape index (κ1) is 13.8. The number of thiazole rings is 1. The molecule has 0 aliphatic heterocycles. The summed E-state index contributed by atoms with van der Waals surface area (Å²) in [4.78, 5) is 16.3. The lowest BCUT2D eigenvalue weighted by Crippen LogP contribution is -2.14. The Kier molecular flexibility index (Phi) is 4.39. The summed E-state index contributed by atoms with van der Waals surface area (Å²) in [6.07, 6.45) is 1.62. The highest BCUT2D eigenvalue weighted by Crippen LogP contribution is 2.30. The van der Waals surface area contributed by atoms with Crippen LogP contribution in [0.15, 0.2) is 28.2 Å². The van der Waals surface area contributed by atoms with E-state index < -0.39 is 0 Å². The lowest BCUT2D eigenvalue weighted by molar-refractivity contribution is 0.102. The molecule has 100 valence electrons. The Hall–Kier alpha value is -1.60. The van der Waals surface area contributed by atoms with Gasteiger partial charge in [0.25, 0.3) is 5.91 Å². The molecular weight excluding hydrogens is 332 g/mol. The average Bonchev–Trinajstić information content (AvgIpc) is 2.82. The van der Waals surface area contributed by atoms with E-state index >= 15 is 0 Å². The minimum atomic E-state index is -0.323. The second-order valence-electron chi connectivity index (χ2n) is 3.46. The van der Waals surface area contributed by atoms with Crippen LogP contribution in [0.2, 0.25) is 0 Å². The predicted octanol–water partition coefficient (Wildman–Crippen LogP) is 3.18. The number of ether oxygens (including phenoxy) is 2. The van der Waals surface area contributed by atoms with Crippen molar-refractivity contribution >= 4 is 38.3 Å². The number of amides is 1. The molecule has 0 saturated carbocycles. The molecule has 7 heteroatoms. The largest absolute Gasteiger partial charge is 0.496 e. The van der Waals surface area contributed by atoms with Gasteiger partial charge in [0, 0.05) is 0 Å². The maximum atomic E-state index is 12.3. The molecule has 0 unspecified atom stereocenters. The summed E-state index contributed by atoms with van der Waals surface area (Å²) in [6.45, 7) is 0. The van der Waals surface area contributed by atoms with Crippen molar-refractivity contribution in [2.24, 2.45) is 0 Å². The van der Waals surface area contributed by atoms with Gasteiger partial charge in [-0.05, 0) is 28.1 Å². The minimum Gasteiger partial charge on any atom is -0.496 e. The zero-order valence-electron chi connectivity index (χ0n) is 10.3. The van der Waals surface area contributed by atoms with Crippen LogP contribution in [0.3, 0.4) is 0 Å². The molecule has 0 aliphatic carbocycles. The molecule has 0 radical (unpaired) electrons. The molecule has 19 heavy (non-hydrogen) atoms. The number of rotatable bonds is 4. The number of hydrogen-bond acceptors (Lipinski definition) is 5. The second-order valence-corrected chi connectivity index (χ2v) is 5.87. The zero-order chi connectivity index (χ0) is 13.8. The highest BCUT2D eigenvalue weighted by Gasteiger charge is 2.19. The van der Waals surface area contributed by atoms with Gasteiger partial charge in [-0.25, -0.2) is 4.98 Å². The van der Waals surface area contributed by atoms with Crippen LogP contribution >= 0.6 is 27.3 Å². The maximum absolute atomic E-state index is 12.3. The first-order valence-electron chi connectivity index (χ1n) is 5.29. The molecule has 0 fully saturated rings. The summed E-state index contributed by atoms with van der Waals surface area (Å²) in [5, 5.41) is 3.21. The Morgan fingerprint density at radius 1 is 1.32 bits per heavy atom. The lowest BCUT2D eigenvalue weighted by atomic mass is 10.1. The Morgan fingerprint density at radius 2 is 1.95 bits per heavy atom. The van der Waals surface area contributed by atoms with Crippen molar-refractivity contribution in [2.45, 2.75) is 0 Å². The summed E-state index contributed by atoms with van der Waals surface area (Å²) in [6, 6.07) is 5.17. The van der Waals surface area contributed by atoms with Crippen molar-refractivity contribution in [2.75, 3.05) is 19.5 Å². The molecule has 2 aromatic rings. The monoisotopic (exact) mass is 342 g/mol. The Bertz CT molecular complexity index is 578. The minimum absolute atomic E-state index is 0.323. The summed E-state index contributed by atoms with van der Waals surface area (Å²) >= 11 is 4.62. The third-order valence-electron chi connectivity index (χ3n) is 2.35. The summed E-state index contributed by atoms with van der Waals surface area (Å²) in [7, 11) is 3.01. The van der Waals surface area contributed by atoms with E-state index in [9.17, 15) is 4.79 Å². The lowest BCUT2D eigenvalue weighted by Gasteiger charge is -2.11. The van der Waals surface area contributed by atoms with E-state index in [2.05, 4.69) is 26.2 Å². The standard InChI is InChI=1S/C12H11BrN2O3S/c1-17-7-4-3-5-8(18-2)10(7)11(16)15-12-14-6-9(13)19-12/h3-6H,1-2H3,(H,14,15,16). The highest BCUT2D eigenvalue weighted by molar-refractivity contribution is 9.11. The SMILES string of the molecule is COc1cccc(OC)c1C(=O)Nc1ncc(Br)s1. The van der Waals surface area contributed by atoms with Crippen LogP contribution in [0.1, 0.15) is 10.4 Å². The van der Waals surface area contributed by atoms with Crippen molar-refractivity contribution in [3.8, 4) is 11.5 Å². The van der Waals surface area contributed by atoms with Crippen LogP contribution in [-0.2, 0) is 0 Å². The van der Waals surface area contributed by atoms with Gasteiger partial charge in [-0.3, -0.25) is 10.1 Å². The van der Waals surface area contributed by atoms with E-state index in [0.717, 1.165) is 3.79 Å². The number of methoxy groups -OCH3 is 2. The molecule has 1 heterocycles. The molecule has 5 nitrogen and oxygen atoms in total. The van der Waals surface area contributed by atoms with Gasteiger partial charge in [0.15, 0.2) is 5.13 Å². The van der Waals surface area contributed by atoms with E-state index in [1.54, 1.807) is 24.4 Å². The van der Waals surface area contributed by atoms with Gasteiger partial charge in [-0.15, -0.1) is 0 Å². The quantitative estimate of drug-likeness (QED) is 0.926. The predicted molar refractivity (Wildman–Crippen MR) is 77.3 cm³/mol. The second kappa shape index (κ2) is 6.03. The van der Waals surface area contributed by atoms with Gasteiger partial charge >= 0.3 is 0 Å². The van der Waals surface area contributed by atoms with Gasteiger partial charge in [0.1, 0.15) is 17.1 Å². The summed E-state index contributed by atoms with van der Waals surface area (Å²) in [5.41, 5.74) is 0.346. The number of benzene rings is 1.